The molecule has 0 aliphatic carbocycles. The smallest absolute Gasteiger partial charge is 0.418 e. The van der Waals surface area contributed by atoms with Gasteiger partial charge in [-0.25, -0.2) is 19.2 Å². The Kier molecular flexibility index (Phi) is 15.7. The van der Waals surface area contributed by atoms with Crippen molar-refractivity contribution in [3.63, 3.8) is 0 Å². The summed E-state index contributed by atoms with van der Waals surface area (Å²) >= 11 is 0.154. The molecule has 4 aliphatic rings. The highest BCUT2D eigenvalue weighted by Crippen LogP contribution is 2.52. The molecule has 25 heteroatoms. The number of amides is 4. The van der Waals surface area contributed by atoms with Crippen LogP contribution < -0.4 is 9.78 Å². The number of halogens is 6. The molecule has 2 unspecified atom stereocenters. The normalized spacial score (nSPS) is 18.0. The number of carbonyl (C=O) groups excluding carboxylic acids is 4. The molecule has 0 spiro atoms. The van der Waals surface area contributed by atoms with Gasteiger partial charge in [0, 0.05) is 83.2 Å². The van der Waals surface area contributed by atoms with Crippen molar-refractivity contribution in [1.82, 2.24) is 19.6 Å². The molecule has 2 N–H and O–H groups in total. The van der Waals surface area contributed by atoms with Crippen molar-refractivity contribution in [2.75, 3.05) is 66.7 Å². The van der Waals surface area contributed by atoms with Gasteiger partial charge in [-0.15, -0.1) is 0 Å². The van der Waals surface area contributed by atoms with Crippen LogP contribution >= 0.6 is 11.8 Å². The highest BCUT2D eigenvalue weighted by Gasteiger charge is 2.43. The molecule has 0 aromatic heterocycles. The Bertz CT molecular complexity index is 2810. The molecular weight excluding hydrogens is 1030 g/mol. The lowest BCUT2D eigenvalue weighted by atomic mass is 9.91. The van der Waals surface area contributed by atoms with Crippen LogP contribution in [0.4, 0.5) is 35.9 Å². The molecule has 8 rings (SSSR count). The van der Waals surface area contributed by atoms with Crippen molar-refractivity contribution in [3.05, 3.63) is 106 Å². The molecule has 75 heavy (non-hydrogen) atoms. The average Bonchev–Trinajstić information content (AvgIpc) is 3.40. The number of piperazine rings is 2. The molecule has 396 valence electrons. The maximum Gasteiger partial charge on any atom is 0.418 e. The fourth-order valence-corrected chi connectivity index (χ4v) is 10.3. The number of methoxy groups -OCH3 is 2. The van der Waals surface area contributed by atoms with E-state index in [0.29, 0.717) is 11.1 Å². The zero-order valence-electron chi connectivity index (χ0n) is 39.6. The SMILES string of the molecule is COC(=O)N1CCN(C(=O)C=Cc2ccc(Sc3ccc(C=CC(=O)N4CCN(C(=O)OC)CC4C(=O)O)c(-c4ccc5c(c4)CCOO5)c3C(F)(F)F)c(C(F)(F)F)c2-c2ccc3c(c2)CCOO3)C(C(=O)O)C1. The molecule has 4 aromatic rings. The minimum absolute atomic E-state index is 0.0392. The molecule has 2 atom stereocenters. The molecule has 2 saturated heterocycles. The van der Waals surface area contributed by atoms with Gasteiger partial charge in [-0.05, 0) is 70.8 Å². The van der Waals surface area contributed by atoms with Crippen LogP contribution in [0.2, 0.25) is 0 Å². The monoisotopic (exact) mass is 1070 g/mol. The lowest BCUT2D eigenvalue weighted by Gasteiger charge is -2.38. The summed E-state index contributed by atoms with van der Waals surface area (Å²) in [6.45, 7) is -1.62. The summed E-state index contributed by atoms with van der Waals surface area (Å²) in [7, 11) is 2.19. The summed E-state index contributed by atoms with van der Waals surface area (Å²) in [6, 6.07) is 9.21. The number of rotatable bonds is 10. The number of hydrogen-bond donors (Lipinski definition) is 2. The molecule has 18 nitrogen and oxygen atoms in total. The van der Waals surface area contributed by atoms with Crippen LogP contribution in [0, 0.1) is 0 Å². The number of hydrogen-bond acceptors (Lipinski definition) is 13. The van der Waals surface area contributed by atoms with Crippen molar-refractivity contribution in [2.24, 2.45) is 0 Å². The van der Waals surface area contributed by atoms with E-state index in [9.17, 15) is 39.0 Å². The number of ether oxygens (including phenoxy) is 2. The Morgan fingerprint density at radius 1 is 0.600 bits per heavy atom. The molecule has 4 amide bonds. The van der Waals surface area contributed by atoms with E-state index in [4.69, 9.17) is 19.6 Å². The van der Waals surface area contributed by atoms with E-state index in [1.165, 1.54) is 48.5 Å². The largest absolute Gasteiger partial charge is 0.480 e. The lowest BCUT2D eigenvalue weighted by Crippen LogP contribution is -2.59. The molecule has 0 saturated carbocycles. The minimum Gasteiger partial charge on any atom is -0.480 e. The predicted molar refractivity (Wildman–Crippen MR) is 251 cm³/mol. The van der Waals surface area contributed by atoms with Crippen LogP contribution in [0.1, 0.15) is 33.4 Å². The topological polar surface area (TPSA) is 211 Å². The highest BCUT2D eigenvalue weighted by molar-refractivity contribution is 7.99. The van der Waals surface area contributed by atoms with Crippen molar-refractivity contribution >= 4 is 59.9 Å². The first-order valence-electron chi connectivity index (χ1n) is 22.8. The number of carboxylic acid groups (broad SMARTS) is 2. The zero-order chi connectivity index (χ0) is 53.9. The van der Waals surface area contributed by atoms with Gasteiger partial charge in [0.2, 0.25) is 11.8 Å². The van der Waals surface area contributed by atoms with Crippen LogP contribution in [0.15, 0.2) is 82.6 Å². The van der Waals surface area contributed by atoms with Gasteiger partial charge in [0.05, 0.1) is 51.6 Å². The van der Waals surface area contributed by atoms with Gasteiger partial charge < -0.3 is 49.1 Å². The molecule has 0 bridgehead atoms. The third-order valence-corrected chi connectivity index (χ3v) is 13.8. The second kappa shape index (κ2) is 22.0. The number of carbonyl (C=O) groups is 6. The standard InChI is InChI=1S/C50H44F6N4O14S/c1-69-47(67)57-17-19-59(33(25-57)45(63)64)39(61)13-7-27-5-11-37(43(49(51,52)53)41(27)31-3-9-35-29(23-31)15-21-71-73-35)75-38-12-6-28(8-14-40(62)60-20-18-58(48(68)70-2)26-34(60)46(65)66)42(44(38)50(54,55)56)32-4-10-36-30(24-32)16-22-72-74-36/h3-14,23-24,33-34H,15-22,25-26H2,1-2H3,(H,63,64)(H,65,66). The third-order valence-electron chi connectivity index (χ3n) is 12.7. The van der Waals surface area contributed by atoms with E-state index in [1.54, 1.807) is 0 Å². The van der Waals surface area contributed by atoms with Crippen LogP contribution in [-0.2, 0) is 63.6 Å². The van der Waals surface area contributed by atoms with Gasteiger partial charge in [-0.2, -0.15) is 36.1 Å². The van der Waals surface area contributed by atoms with Crippen molar-refractivity contribution in [3.8, 4) is 33.8 Å². The van der Waals surface area contributed by atoms with Crippen LogP contribution in [0.3, 0.4) is 0 Å². The molecule has 4 aliphatic heterocycles. The number of carboxylic acids is 2. The Balaban J connectivity index is 1.25. The lowest BCUT2D eigenvalue weighted by molar-refractivity contribution is -0.215. The molecular formula is C50H44F6N4O14S. The number of benzene rings is 4. The van der Waals surface area contributed by atoms with Gasteiger partial charge in [-0.3, -0.25) is 9.59 Å². The summed E-state index contributed by atoms with van der Waals surface area (Å²) < 4.78 is 105. The van der Waals surface area contributed by atoms with Crippen LogP contribution in [0.5, 0.6) is 11.5 Å². The van der Waals surface area contributed by atoms with E-state index in [0.717, 1.165) is 70.3 Å². The summed E-state index contributed by atoms with van der Waals surface area (Å²) in [5.41, 5.74) is -3.62. The second-order valence-corrected chi connectivity index (χ2v) is 18.2. The maximum atomic E-state index is 15.9. The first kappa shape index (κ1) is 53.5. The molecule has 4 heterocycles. The molecule has 4 aromatic carbocycles. The quantitative estimate of drug-likeness (QED) is 0.0886. The van der Waals surface area contributed by atoms with E-state index in [1.807, 2.05) is 0 Å². The summed E-state index contributed by atoms with van der Waals surface area (Å²) in [5, 5.41) is 19.9. The Hall–Kier alpha value is -7.77. The molecule has 2 fully saturated rings. The van der Waals surface area contributed by atoms with Gasteiger partial charge >= 0.3 is 36.5 Å². The van der Waals surface area contributed by atoms with Gasteiger partial charge in [-0.1, -0.05) is 36.0 Å². The van der Waals surface area contributed by atoms with E-state index < -0.39 is 106 Å². The fourth-order valence-electron chi connectivity index (χ4n) is 9.11. The zero-order valence-corrected chi connectivity index (χ0v) is 40.4. The Labute approximate surface area is 426 Å². The highest BCUT2D eigenvalue weighted by atomic mass is 32.2. The number of fused-ring (bicyclic) bond motifs is 2. The summed E-state index contributed by atoms with van der Waals surface area (Å²) in [6.07, 6.45) is -8.03. The predicted octanol–water partition coefficient (Wildman–Crippen LogP) is 7.70. The minimum atomic E-state index is -5.29. The molecule has 0 radical (unpaired) electrons. The van der Waals surface area contributed by atoms with E-state index >= 15 is 26.3 Å². The van der Waals surface area contributed by atoms with E-state index in [2.05, 4.69) is 9.47 Å². The van der Waals surface area contributed by atoms with Crippen LogP contribution in [-0.4, -0.2) is 145 Å². The summed E-state index contributed by atoms with van der Waals surface area (Å²) in [4.78, 5) is 99.4. The second-order valence-electron chi connectivity index (χ2n) is 17.1. The first-order chi connectivity index (χ1) is 35.7. The number of nitrogens with zero attached hydrogens (tertiary/aromatic N) is 4. The van der Waals surface area contributed by atoms with Crippen LogP contribution in [0.25, 0.3) is 34.4 Å². The number of alkyl halides is 6. The fraction of sp³-hybridized carbons (Fsp3) is 0.320. The van der Waals surface area contributed by atoms with Gasteiger partial charge in [0.25, 0.3) is 0 Å². The summed E-state index contributed by atoms with van der Waals surface area (Å²) in [5.74, 6) is -4.40. The van der Waals surface area contributed by atoms with Gasteiger partial charge in [0.1, 0.15) is 12.1 Å². The first-order valence-corrected chi connectivity index (χ1v) is 23.6. The maximum absolute atomic E-state index is 15.9. The van der Waals surface area contributed by atoms with Crippen molar-refractivity contribution in [1.29, 1.82) is 0 Å². The van der Waals surface area contributed by atoms with E-state index in [-0.39, 0.29) is 97.7 Å². The average molecular weight is 1070 g/mol. The Morgan fingerprint density at radius 3 is 1.36 bits per heavy atom. The van der Waals surface area contributed by atoms with Crippen molar-refractivity contribution in [2.45, 2.75) is 47.1 Å². The van der Waals surface area contributed by atoms with Crippen molar-refractivity contribution < 1.29 is 94.3 Å². The third kappa shape index (κ3) is 11.5. The number of aliphatic carboxylic acids is 2. The Morgan fingerprint density at radius 2 is 1.00 bits per heavy atom. The van der Waals surface area contributed by atoms with Gasteiger partial charge in [0.15, 0.2) is 11.5 Å².